The van der Waals surface area contributed by atoms with Gasteiger partial charge in [0.1, 0.15) is 0 Å². The van der Waals surface area contributed by atoms with Crippen LogP contribution in [0.1, 0.15) is 24.8 Å². The van der Waals surface area contributed by atoms with Crippen LogP contribution in [0.25, 0.3) is 0 Å². The van der Waals surface area contributed by atoms with Gasteiger partial charge in [-0.25, -0.2) is 0 Å². The largest absolute Gasteiger partial charge is 0.399 e. The Hall–Kier alpha value is -1.06. The lowest BCUT2D eigenvalue weighted by atomic mass is 10.1. The quantitative estimate of drug-likeness (QED) is 0.797. The molecular formula is C16H27N3. The summed E-state index contributed by atoms with van der Waals surface area (Å²) in [7, 11) is 4.50. The first kappa shape index (κ1) is 14.4. The first-order valence-electron chi connectivity index (χ1n) is 7.38. The number of anilines is 1. The van der Waals surface area contributed by atoms with Crippen molar-refractivity contribution in [1.29, 1.82) is 0 Å². The third-order valence-corrected chi connectivity index (χ3v) is 4.18. The predicted molar refractivity (Wildman–Crippen MR) is 82.3 cm³/mol. The van der Waals surface area contributed by atoms with E-state index < -0.39 is 0 Å². The smallest absolute Gasteiger partial charge is 0.0314 e. The van der Waals surface area contributed by atoms with E-state index in [0.29, 0.717) is 0 Å². The topological polar surface area (TPSA) is 32.5 Å². The van der Waals surface area contributed by atoms with Crippen LogP contribution < -0.4 is 5.73 Å². The molecule has 0 radical (unpaired) electrons. The van der Waals surface area contributed by atoms with E-state index in [4.69, 9.17) is 5.73 Å². The molecule has 2 N–H and O–H groups in total. The van der Waals surface area contributed by atoms with E-state index in [9.17, 15) is 0 Å². The Labute approximate surface area is 117 Å². The first-order chi connectivity index (χ1) is 9.15. The Bertz CT molecular complexity index is 374. The zero-order valence-corrected chi connectivity index (χ0v) is 12.3. The summed E-state index contributed by atoms with van der Waals surface area (Å²) in [6, 6.07) is 9.03. The summed E-state index contributed by atoms with van der Waals surface area (Å²) in [5, 5.41) is 0. The van der Waals surface area contributed by atoms with Crippen LogP contribution in [0.5, 0.6) is 0 Å². The maximum Gasteiger partial charge on any atom is 0.0314 e. The molecule has 106 valence electrons. The second kappa shape index (κ2) is 6.92. The lowest BCUT2D eigenvalue weighted by Crippen LogP contribution is -2.37. The van der Waals surface area contributed by atoms with Gasteiger partial charge in [-0.3, -0.25) is 0 Å². The second-order valence-corrected chi connectivity index (χ2v) is 5.88. The molecule has 1 aromatic rings. The molecule has 1 aliphatic rings. The Kier molecular flexibility index (Phi) is 5.23. The van der Waals surface area contributed by atoms with Gasteiger partial charge in [-0.2, -0.15) is 0 Å². The van der Waals surface area contributed by atoms with Crippen LogP contribution in [0.15, 0.2) is 24.3 Å². The Morgan fingerprint density at radius 2 is 2.05 bits per heavy atom. The monoisotopic (exact) mass is 261 g/mol. The fourth-order valence-corrected chi connectivity index (χ4v) is 2.90. The Morgan fingerprint density at radius 3 is 2.68 bits per heavy atom. The number of benzene rings is 1. The zero-order valence-electron chi connectivity index (χ0n) is 12.3. The molecule has 1 heterocycles. The van der Waals surface area contributed by atoms with Crippen molar-refractivity contribution in [2.75, 3.05) is 39.5 Å². The zero-order chi connectivity index (χ0) is 13.7. The van der Waals surface area contributed by atoms with Crippen LogP contribution in [-0.2, 0) is 6.42 Å². The number of rotatable bonds is 6. The van der Waals surface area contributed by atoms with E-state index >= 15 is 0 Å². The van der Waals surface area contributed by atoms with E-state index in [1.807, 2.05) is 12.1 Å². The van der Waals surface area contributed by atoms with Crippen LogP contribution in [0.4, 0.5) is 5.69 Å². The van der Waals surface area contributed by atoms with Gasteiger partial charge in [0.05, 0.1) is 0 Å². The summed E-state index contributed by atoms with van der Waals surface area (Å²) in [6.45, 7) is 3.65. The van der Waals surface area contributed by atoms with Crippen LogP contribution in [-0.4, -0.2) is 49.6 Å². The molecular weight excluding hydrogens is 234 g/mol. The molecule has 0 aliphatic carbocycles. The third-order valence-electron chi connectivity index (χ3n) is 4.18. The summed E-state index contributed by atoms with van der Waals surface area (Å²) in [4.78, 5) is 4.97. The van der Waals surface area contributed by atoms with Gasteiger partial charge in [0.2, 0.25) is 0 Å². The third kappa shape index (κ3) is 4.51. The van der Waals surface area contributed by atoms with Crippen molar-refractivity contribution in [1.82, 2.24) is 9.80 Å². The van der Waals surface area contributed by atoms with E-state index in [-0.39, 0.29) is 0 Å². The molecule has 1 unspecified atom stereocenters. The van der Waals surface area contributed by atoms with Gasteiger partial charge in [0.25, 0.3) is 0 Å². The van der Waals surface area contributed by atoms with Gasteiger partial charge < -0.3 is 15.5 Å². The molecule has 1 aromatic carbocycles. The average molecular weight is 261 g/mol. The predicted octanol–water partition coefficient (Wildman–Crippen LogP) is 2.23. The number of nitrogens with zero attached hydrogens (tertiary/aromatic N) is 2. The minimum Gasteiger partial charge on any atom is -0.399 e. The van der Waals surface area contributed by atoms with Gasteiger partial charge in [-0.15, -0.1) is 0 Å². The molecule has 0 saturated carbocycles. The number of likely N-dealkylation sites (N-methyl/N-ethyl adjacent to an activating group) is 2. The molecule has 1 aliphatic heterocycles. The van der Waals surface area contributed by atoms with Crippen molar-refractivity contribution >= 4 is 5.69 Å². The molecule has 2 rings (SSSR count). The number of nitrogens with two attached hydrogens (primary N) is 1. The van der Waals surface area contributed by atoms with E-state index in [0.717, 1.165) is 18.2 Å². The minimum absolute atomic E-state index is 0.765. The van der Waals surface area contributed by atoms with Gasteiger partial charge in [0.15, 0.2) is 0 Å². The SMILES string of the molecule is CN(CCCc1ccc(N)cc1)CC1CCCN1C. The van der Waals surface area contributed by atoms with Crippen LogP contribution in [0.3, 0.4) is 0 Å². The minimum atomic E-state index is 0.765. The highest BCUT2D eigenvalue weighted by molar-refractivity contribution is 5.39. The van der Waals surface area contributed by atoms with Crippen LogP contribution in [0, 0.1) is 0 Å². The number of aryl methyl sites for hydroxylation is 1. The van der Waals surface area contributed by atoms with Crippen molar-refractivity contribution in [3.8, 4) is 0 Å². The van der Waals surface area contributed by atoms with Crippen LogP contribution >= 0.6 is 0 Å². The Balaban J connectivity index is 1.66. The molecule has 3 nitrogen and oxygen atoms in total. The highest BCUT2D eigenvalue weighted by Crippen LogP contribution is 2.15. The fourth-order valence-electron chi connectivity index (χ4n) is 2.90. The summed E-state index contributed by atoms with van der Waals surface area (Å²) in [5.74, 6) is 0. The van der Waals surface area contributed by atoms with Gasteiger partial charge in [0, 0.05) is 18.3 Å². The lowest BCUT2D eigenvalue weighted by Gasteiger charge is -2.25. The standard InChI is InChI=1S/C16H27N3/c1-18(13-16-6-4-12-19(16)2)11-3-5-14-7-9-15(17)10-8-14/h7-10,16H,3-6,11-13,17H2,1-2H3. The van der Waals surface area contributed by atoms with Gasteiger partial charge >= 0.3 is 0 Å². The lowest BCUT2D eigenvalue weighted by molar-refractivity contribution is 0.219. The molecule has 1 atom stereocenters. The normalized spacial score (nSPS) is 20.3. The van der Waals surface area contributed by atoms with Crippen molar-refractivity contribution < 1.29 is 0 Å². The van der Waals surface area contributed by atoms with Crippen molar-refractivity contribution in [3.05, 3.63) is 29.8 Å². The number of hydrogen-bond donors (Lipinski definition) is 1. The number of likely N-dealkylation sites (tertiary alicyclic amines) is 1. The highest BCUT2D eigenvalue weighted by Gasteiger charge is 2.21. The van der Waals surface area contributed by atoms with E-state index in [1.165, 1.54) is 44.5 Å². The average Bonchev–Trinajstić information content (AvgIpc) is 2.78. The molecule has 0 amide bonds. The Morgan fingerprint density at radius 1 is 1.32 bits per heavy atom. The maximum atomic E-state index is 5.70. The molecule has 19 heavy (non-hydrogen) atoms. The second-order valence-electron chi connectivity index (χ2n) is 5.88. The van der Waals surface area contributed by atoms with E-state index in [1.54, 1.807) is 0 Å². The van der Waals surface area contributed by atoms with Crippen molar-refractivity contribution in [2.45, 2.75) is 31.7 Å². The van der Waals surface area contributed by atoms with Crippen molar-refractivity contribution in [2.24, 2.45) is 0 Å². The number of nitrogen functional groups attached to an aromatic ring is 1. The number of hydrogen-bond acceptors (Lipinski definition) is 3. The van der Waals surface area contributed by atoms with Gasteiger partial charge in [-0.05, 0) is 70.6 Å². The molecule has 1 fully saturated rings. The summed E-state index contributed by atoms with van der Waals surface area (Å²) >= 11 is 0. The first-order valence-corrected chi connectivity index (χ1v) is 7.38. The van der Waals surface area contributed by atoms with Gasteiger partial charge in [-0.1, -0.05) is 12.1 Å². The summed E-state index contributed by atoms with van der Waals surface area (Å²) in [6.07, 6.45) is 5.08. The summed E-state index contributed by atoms with van der Waals surface area (Å²) < 4.78 is 0. The molecule has 0 aromatic heterocycles. The molecule has 3 heteroatoms. The van der Waals surface area contributed by atoms with E-state index in [2.05, 4.69) is 36.0 Å². The van der Waals surface area contributed by atoms with Crippen LogP contribution in [0.2, 0.25) is 0 Å². The molecule has 0 spiro atoms. The molecule has 0 bridgehead atoms. The summed E-state index contributed by atoms with van der Waals surface area (Å²) in [5.41, 5.74) is 7.94. The van der Waals surface area contributed by atoms with Crippen molar-refractivity contribution in [3.63, 3.8) is 0 Å². The molecule has 1 saturated heterocycles. The highest BCUT2D eigenvalue weighted by atomic mass is 15.2. The fraction of sp³-hybridized carbons (Fsp3) is 0.625. The maximum absolute atomic E-state index is 5.70.